The summed E-state index contributed by atoms with van der Waals surface area (Å²) < 4.78 is 7.00. The minimum atomic E-state index is -2.32. The van der Waals surface area contributed by atoms with Crippen molar-refractivity contribution < 1.29 is 9.22 Å². The van der Waals surface area contributed by atoms with Gasteiger partial charge >= 0.3 is 0 Å². The van der Waals surface area contributed by atoms with Crippen LogP contribution in [0.2, 0.25) is 13.1 Å². The van der Waals surface area contributed by atoms with Crippen molar-refractivity contribution in [1.29, 1.82) is 0 Å². The highest BCUT2D eigenvalue weighted by Gasteiger charge is 2.45. The van der Waals surface area contributed by atoms with Gasteiger partial charge in [0, 0.05) is 5.56 Å². The van der Waals surface area contributed by atoms with Gasteiger partial charge in [0.15, 0.2) is 5.78 Å². The zero-order valence-electron chi connectivity index (χ0n) is 19.0. The molecule has 0 spiro atoms. The molecule has 2 aromatic rings. The van der Waals surface area contributed by atoms with Crippen LogP contribution in [0.4, 0.5) is 0 Å². The predicted octanol–water partition coefficient (Wildman–Crippen LogP) is 6.67. The molecule has 3 rings (SSSR count). The number of hydrogen-bond donors (Lipinski definition) is 0. The average molecular weight is 421 g/mol. The van der Waals surface area contributed by atoms with Crippen molar-refractivity contribution in [2.75, 3.05) is 0 Å². The molecule has 0 radical (unpaired) electrons. The van der Waals surface area contributed by atoms with Crippen LogP contribution in [0.25, 0.3) is 0 Å². The number of Topliss-reactive ketones (excluding diaryl/α,β-unsaturated/α-hetero) is 1. The van der Waals surface area contributed by atoms with E-state index in [1.807, 2.05) is 36.4 Å². The van der Waals surface area contributed by atoms with Gasteiger partial charge in [0.1, 0.15) is 5.60 Å². The van der Waals surface area contributed by atoms with Crippen molar-refractivity contribution in [1.82, 2.24) is 0 Å². The Morgan fingerprint density at radius 1 is 1.00 bits per heavy atom. The van der Waals surface area contributed by atoms with Crippen molar-refractivity contribution >= 4 is 19.3 Å². The Kier molecular flexibility index (Phi) is 7.48. The minimum absolute atomic E-state index is 0.0895. The summed E-state index contributed by atoms with van der Waals surface area (Å²) in [7, 11) is -2.32. The molecule has 1 aliphatic rings. The first kappa shape index (κ1) is 22.7. The zero-order chi connectivity index (χ0) is 21.6. The van der Waals surface area contributed by atoms with Crippen LogP contribution >= 0.6 is 0 Å². The van der Waals surface area contributed by atoms with Crippen molar-refractivity contribution in [3.05, 3.63) is 77.9 Å². The molecule has 1 fully saturated rings. The molecule has 30 heavy (non-hydrogen) atoms. The zero-order valence-corrected chi connectivity index (χ0v) is 20.0. The second-order valence-corrected chi connectivity index (χ2v) is 12.9. The lowest BCUT2D eigenvalue weighted by Gasteiger charge is -2.40. The molecule has 0 unspecified atom stereocenters. The van der Waals surface area contributed by atoms with Crippen LogP contribution in [-0.2, 0) is 4.43 Å². The number of allylic oxidation sites excluding steroid dienone is 1. The largest absolute Gasteiger partial charge is 0.397 e. The van der Waals surface area contributed by atoms with Gasteiger partial charge in [0.05, 0.1) is 0 Å². The van der Waals surface area contributed by atoms with Crippen LogP contribution in [0.15, 0.2) is 72.3 Å². The molecule has 0 aliphatic heterocycles. The van der Waals surface area contributed by atoms with Crippen molar-refractivity contribution in [2.45, 2.75) is 71.1 Å². The second kappa shape index (κ2) is 9.89. The molecule has 0 aromatic heterocycles. The predicted molar refractivity (Wildman–Crippen MR) is 129 cm³/mol. The molecule has 0 N–H and O–H groups in total. The first-order valence-corrected chi connectivity index (χ1v) is 14.3. The van der Waals surface area contributed by atoms with Gasteiger partial charge in [-0.05, 0) is 56.0 Å². The topological polar surface area (TPSA) is 26.3 Å². The van der Waals surface area contributed by atoms with Crippen molar-refractivity contribution in [3.8, 4) is 0 Å². The maximum absolute atomic E-state index is 13.9. The maximum Gasteiger partial charge on any atom is 0.220 e. The fourth-order valence-corrected chi connectivity index (χ4v) is 7.15. The summed E-state index contributed by atoms with van der Waals surface area (Å²) in [5.74, 6) is 0.644. The van der Waals surface area contributed by atoms with Crippen molar-refractivity contribution in [2.24, 2.45) is 5.92 Å². The summed E-state index contributed by atoms with van der Waals surface area (Å²) in [6.07, 6.45) is 9.33. The van der Waals surface area contributed by atoms with Gasteiger partial charge < -0.3 is 4.43 Å². The van der Waals surface area contributed by atoms with Gasteiger partial charge in [0.25, 0.3) is 0 Å². The lowest BCUT2D eigenvalue weighted by molar-refractivity contribution is 0.0544. The number of benzene rings is 2. The van der Waals surface area contributed by atoms with Crippen LogP contribution in [0, 0.1) is 5.92 Å². The maximum atomic E-state index is 13.9. The molecular formula is C27H36O2Si. The summed E-state index contributed by atoms with van der Waals surface area (Å²) >= 11 is 0. The first-order chi connectivity index (χ1) is 14.4. The van der Waals surface area contributed by atoms with Crippen LogP contribution in [-0.4, -0.2) is 19.7 Å². The van der Waals surface area contributed by atoms with E-state index in [4.69, 9.17) is 4.43 Å². The summed E-state index contributed by atoms with van der Waals surface area (Å²) in [4.78, 5) is 13.9. The SMILES string of the molecule is CC[C@@](O[Si](C)(C)c1ccccc1)(C(=O)c1ccccc1)/C(C)=C/C1CCCCC1. The number of carbonyl (C=O) groups is 1. The van der Waals surface area contributed by atoms with E-state index in [9.17, 15) is 4.79 Å². The fraction of sp³-hybridized carbons (Fsp3) is 0.444. The van der Waals surface area contributed by atoms with Gasteiger partial charge in [-0.25, -0.2) is 0 Å². The van der Waals surface area contributed by atoms with Crippen molar-refractivity contribution in [3.63, 3.8) is 0 Å². The molecule has 1 saturated carbocycles. The summed E-state index contributed by atoms with van der Waals surface area (Å²) in [6, 6.07) is 20.1. The van der Waals surface area contributed by atoms with Gasteiger partial charge in [-0.3, -0.25) is 4.79 Å². The van der Waals surface area contributed by atoms with Crippen LogP contribution in [0.1, 0.15) is 62.7 Å². The standard InChI is InChI=1S/C27H36O2Si/c1-5-27(26(28)24-17-11-7-12-18-24,22(2)21-23-15-9-6-10-16-23)29-30(3,4)25-19-13-8-14-20-25/h7-8,11-14,17-21,23H,5-6,9-10,15-16H2,1-4H3/b22-21+/t27-/m0/s1. The molecule has 0 amide bonds. The van der Waals surface area contributed by atoms with Crippen LogP contribution in [0.3, 0.4) is 0 Å². The van der Waals surface area contributed by atoms with E-state index in [0.717, 1.165) is 11.1 Å². The minimum Gasteiger partial charge on any atom is -0.397 e. The molecule has 1 atom stereocenters. The summed E-state index contributed by atoms with van der Waals surface area (Å²) in [5.41, 5.74) is 0.903. The summed E-state index contributed by atoms with van der Waals surface area (Å²) in [6.45, 7) is 8.63. The lowest BCUT2D eigenvalue weighted by atomic mass is 9.80. The Bertz CT molecular complexity index is 851. The van der Waals surface area contributed by atoms with E-state index < -0.39 is 13.9 Å². The molecule has 1 aliphatic carbocycles. The normalized spacial score (nSPS) is 18.1. The molecule has 0 heterocycles. The Balaban J connectivity index is 2.04. The van der Waals surface area contributed by atoms with Gasteiger partial charge in [-0.15, -0.1) is 0 Å². The molecule has 2 aromatic carbocycles. The molecule has 160 valence electrons. The third-order valence-electron chi connectivity index (χ3n) is 6.57. The number of rotatable bonds is 8. The quantitative estimate of drug-likeness (QED) is 0.271. The molecule has 0 bridgehead atoms. The van der Waals surface area contributed by atoms with Crippen LogP contribution in [0.5, 0.6) is 0 Å². The molecular weight excluding hydrogens is 384 g/mol. The molecule has 3 heteroatoms. The Morgan fingerprint density at radius 3 is 2.13 bits per heavy atom. The third kappa shape index (κ3) is 5.01. The third-order valence-corrected chi connectivity index (χ3v) is 9.15. The number of hydrogen-bond acceptors (Lipinski definition) is 2. The van der Waals surface area contributed by atoms with E-state index in [1.165, 1.54) is 37.3 Å². The van der Waals surface area contributed by atoms with E-state index >= 15 is 0 Å². The molecule has 0 saturated heterocycles. The highest BCUT2D eigenvalue weighted by Crippen LogP contribution is 2.36. The van der Waals surface area contributed by atoms with Gasteiger partial charge in [-0.2, -0.15) is 0 Å². The number of carbonyl (C=O) groups excluding carboxylic acids is 1. The lowest BCUT2D eigenvalue weighted by Crippen LogP contribution is -2.56. The van der Waals surface area contributed by atoms with E-state index in [-0.39, 0.29) is 5.78 Å². The Hall–Kier alpha value is -1.97. The second-order valence-electron chi connectivity index (χ2n) is 9.10. The Morgan fingerprint density at radius 2 is 1.57 bits per heavy atom. The fourth-order valence-electron chi connectivity index (χ4n) is 4.76. The van der Waals surface area contributed by atoms with E-state index in [0.29, 0.717) is 12.3 Å². The monoisotopic (exact) mass is 420 g/mol. The number of ketones is 1. The molecule has 2 nitrogen and oxygen atoms in total. The van der Waals surface area contributed by atoms with E-state index in [2.05, 4.69) is 57.3 Å². The van der Waals surface area contributed by atoms with Gasteiger partial charge in [0.2, 0.25) is 8.32 Å². The average Bonchev–Trinajstić information content (AvgIpc) is 2.79. The smallest absolute Gasteiger partial charge is 0.220 e. The van der Waals surface area contributed by atoms with Gasteiger partial charge in [-0.1, -0.05) is 92.9 Å². The highest BCUT2D eigenvalue weighted by atomic mass is 28.4. The highest BCUT2D eigenvalue weighted by molar-refractivity contribution is 6.84. The Labute approximate surface area is 183 Å². The van der Waals surface area contributed by atoms with Crippen LogP contribution < -0.4 is 5.19 Å². The summed E-state index contributed by atoms with van der Waals surface area (Å²) in [5, 5.41) is 1.22. The first-order valence-electron chi connectivity index (χ1n) is 11.4. The van der Waals surface area contributed by atoms with E-state index in [1.54, 1.807) is 0 Å².